The van der Waals surface area contributed by atoms with E-state index in [2.05, 4.69) is 10.6 Å². The Bertz CT molecular complexity index is 685. The minimum atomic E-state index is -1.11. The van der Waals surface area contributed by atoms with Crippen LogP contribution < -0.4 is 10.6 Å². The molecule has 0 bridgehead atoms. The number of urea groups is 1. The molecular weight excluding hydrogens is 312 g/mol. The average molecular weight is 325 g/mol. The molecule has 0 atom stereocenters. The van der Waals surface area contributed by atoms with Crippen molar-refractivity contribution in [2.45, 2.75) is 13.5 Å². The van der Waals surface area contributed by atoms with Crippen molar-refractivity contribution in [3.05, 3.63) is 50.7 Å². The first-order valence-electron chi connectivity index (χ1n) is 6.08. The summed E-state index contributed by atoms with van der Waals surface area (Å²) in [5.41, 5.74) is 1.57. The number of hydrogen-bond acceptors (Lipinski definition) is 3. The molecule has 0 radical (unpaired) electrons. The highest BCUT2D eigenvalue weighted by Gasteiger charge is 2.10. The van der Waals surface area contributed by atoms with Gasteiger partial charge in [-0.3, -0.25) is 0 Å². The maximum absolute atomic E-state index is 11.8. The van der Waals surface area contributed by atoms with Gasteiger partial charge in [0.2, 0.25) is 0 Å². The maximum atomic E-state index is 11.8. The van der Waals surface area contributed by atoms with E-state index in [0.717, 1.165) is 10.4 Å². The second-order valence-corrected chi connectivity index (χ2v) is 5.74. The zero-order valence-corrected chi connectivity index (χ0v) is 12.7. The second kappa shape index (κ2) is 6.60. The Hall–Kier alpha value is -2.05. The first kappa shape index (κ1) is 15.3. The number of amides is 2. The van der Waals surface area contributed by atoms with Gasteiger partial charge in [-0.25, -0.2) is 9.59 Å². The van der Waals surface area contributed by atoms with Gasteiger partial charge in [0, 0.05) is 10.6 Å². The number of benzene rings is 1. The lowest BCUT2D eigenvalue weighted by Crippen LogP contribution is -2.28. The highest BCUT2D eigenvalue weighted by atomic mass is 35.5. The van der Waals surface area contributed by atoms with Crippen LogP contribution in [0.3, 0.4) is 0 Å². The highest BCUT2D eigenvalue weighted by molar-refractivity contribution is 7.10. The molecule has 0 saturated carbocycles. The van der Waals surface area contributed by atoms with Crippen molar-refractivity contribution >= 4 is 40.6 Å². The predicted molar refractivity (Wildman–Crippen MR) is 83.3 cm³/mol. The Labute approximate surface area is 130 Å². The first-order valence-corrected chi connectivity index (χ1v) is 7.34. The molecule has 0 spiro atoms. The van der Waals surface area contributed by atoms with E-state index in [1.54, 1.807) is 11.3 Å². The monoisotopic (exact) mass is 324 g/mol. The summed E-state index contributed by atoms with van der Waals surface area (Å²) in [6, 6.07) is 5.86. The second-order valence-electron chi connectivity index (χ2n) is 4.33. The third-order valence-corrected chi connectivity index (χ3v) is 4.17. The van der Waals surface area contributed by atoms with Crippen molar-refractivity contribution in [3.8, 4) is 0 Å². The molecule has 0 aliphatic carbocycles. The fourth-order valence-corrected chi connectivity index (χ4v) is 2.79. The summed E-state index contributed by atoms with van der Waals surface area (Å²) >= 11 is 7.41. The van der Waals surface area contributed by atoms with Crippen molar-refractivity contribution in [1.29, 1.82) is 0 Å². The van der Waals surface area contributed by atoms with Crippen LogP contribution in [-0.4, -0.2) is 17.1 Å². The van der Waals surface area contributed by atoms with Crippen molar-refractivity contribution in [2.24, 2.45) is 0 Å². The van der Waals surface area contributed by atoms with Crippen LogP contribution >= 0.6 is 22.9 Å². The van der Waals surface area contributed by atoms with E-state index < -0.39 is 5.97 Å². The van der Waals surface area contributed by atoms with Gasteiger partial charge in [0.25, 0.3) is 0 Å². The summed E-state index contributed by atoms with van der Waals surface area (Å²) in [5.74, 6) is -1.11. The summed E-state index contributed by atoms with van der Waals surface area (Å²) in [6.45, 7) is 2.42. The van der Waals surface area contributed by atoms with Crippen molar-refractivity contribution < 1.29 is 14.7 Å². The molecule has 0 saturated heterocycles. The lowest BCUT2D eigenvalue weighted by Gasteiger charge is -2.08. The van der Waals surface area contributed by atoms with Crippen LogP contribution in [0, 0.1) is 6.92 Å². The third-order valence-electron chi connectivity index (χ3n) is 2.84. The van der Waals surface area contributed by atoms with Gasteiger partial charge in [-0.1, -0.05) is 11.6 Å². The van der Waals surface area contributed by atoms with Gasteiger partial charge in [0.1, 0.15) is 0 Å². The van der Waals surface area contributed by atoms with Gasteiger partial charge in [-0.15, -0.1) is 11.3 Å². The van der Waals surface area contributed by atoms with Crippen LogP contribution in [0.1, 0.15) is 20.8 Å². The molecule has 0 aliphatic heterocycles. The molecular formula is C14H13ClN2O3S. The van der Waals surface area contributed by atoms with Gasteiger partial charge >= 0.3 is 12.0 Å². The number of carbonyl (C=O) groups excluding carboxylic acids is 1. The molecule has 21 heavy (non-hydrogen) atoms. The van der Waals surface area contributed by atoms with Gasteiger partial charge in [0.05, 0.1) is 17.1 Å². The topological polar surface area (TPSA) is 78.4 Å². The molecule has 0 unspecified atom stereocenters. The third kappa shape index (κ3) is 3.96. The Morgan fingerprint density at radius 3 is 2.67 bits per heavy atom. The molecule has 5 nitrogen and oxygen atoms in total. The SMILES string of the molecule is Cc1ccsc1CNC(=O)Nc1ccc(C(=O)O)c(Cl)c1. The van der Waals surface area contributed by atoms with E-state index in [4.69, 9.17) is 16.7 Å². The van der Waals surface area contributed by atoms with Crippen LogP contribution in [0.25, 0.3) is 0 Å². The summed E-state index contributed by atoms with van der Waals surface area (Å²) < 4.78 is 0. The molecule has 2 rings (SSSR count). The van der Waals surface area contributed by atoms with E-state index in [9.17, 15) is 9.59 Å². The molecule has 2 aromatic rings. The summed E-state index contributed by atoms with van der Waals surface area (Å²) in [7, 11) is 0. The number of hydrogen-bond donors (Lipinski definition) is 3. The standard InChI is InChI=1S/C14H13ClN2O3S/c1-8-4-5-21-12(8)7-16-14(20)17-9-2-3-10(13(18)19)11(15)6-9/h2-6H,7H2,1H3,(H,18,19)(H2,16,17,20). The number of halogens is 1. The first-order chi connectivity index (χ1) is 9.97. The highest BCUT2D eigenvalue weighted by Crippen LogP contribution is 2.21. The molecule has 1 aromatic heterocycles. The van der Waals surface area contributed by atoms with E-state index >= 15 is 0 Å². The molecule has 3 N–H and O–H groups in total. The summed E-state index contributed by atoms with van der Waals surface area (Å²) in [4.78, 5) is 23.7. The largest absolute Gasteiger partial charge is 0.478 e. The van der Waals surface area contributed by atoms with Gasteiger partial charge in [-0.2, -0.15) is 0 Å². The summed E-state index contributed by atoms with van der Waals surface area (Å²) in [6.07, 6.45) is 0. The van der Waals surface area contributed by atoms with Gasteiger partial charge in [-0.05, 0) is 42.1 Å². The molecule has 2 amide bonds. The molecule has 1 heterocycles. The fraction of sp³-hybridized carbons (Fsp3) is 0.143. The fourth-order valence-electron chi connectivity index (χ4n) is 1.69. The van der Waals surface area contributed by atoms with Crippen molar-refractivity contribution in [2.75, 3.05) is 5.32 Å². The van der Waals surface area contributed by atoms with Gasteiger partial charge in [0.15, 0.2) is 0 Å². The van der Waals surface area contributed by atoms with Crippen molar-refractivity contribution in [3.63, 3.8) is 0 Å². The molecule has 1 aromatic carbocycles. The lowest BCUT2D eigenvalue weighted by molar-refractivity contribution is 0.0697. The minimum absolute atomic E-state index is 0.00293. The smallest absolute Gasteiger partial charge is 0.337 e. The minimum Gasteiger partial charge on any atom is -0.478 e. The quantitative estimate of drug-likeness (QED) is 0.801. The Balaban J connectivity index is 1.95. The number of thiophene rings is 1. The molecule has 0 fully saturated rings. The number of aryl methyl sites for hydroxylation is 1. The van der Waals surface area contributed by atoms with Crippen molar-refractivity contribution in [1.82, 2.24) is 5.32 Å². The Morgan fingerprint density at radius 2 is 2.10 bits per heavy atom. The zero-order valence-electron chi connectivity index (χ0n) is 11.1. The number of anilines is 1. The van der Waals surface area contributed by atoms with Crippen LogP contribution in [0.2, 0.25) is 5.02 Å². The van der Waals surface area contributed by atoms with Crippen LogP contribution in [0.5, 0.6) is 0 Å². The average Bonchev–Trinajstić information content (AvgIpc) is 2.81. The number of carboxylic acids is 1. The number of rotatable bonds is 4. The number of nitrogens with one attached hydrogen (secondary N) is 2. The maximum Gasteiger partial charge on any atom is 0.337 e. The Morgan fingerprint density at radius 1 is 1.33 bits per heavy atom. The lowest BCUT2D eigenvalue weighted by atomic mass is 10.2. The van der Waals surface area contributed by atoms with E-state index in [0.29, 0.717) is 12.2 Å². The molecule has 7 heteroatoms. The van der Waals surface area contributed by atoms with Crippen LogP contribution in [0.15, 0.2) is 29.6 Å². The predicted octanol–water partition coefficient (Wildman–Crippen LogP) is 3.73. The van der Waals surface area contributed by atoms with Gasteiger partial charge < -0.3 is 15.7 Å². The summed E-state index contributed by atoms with van der Waals surface area (Å²) in [5, 5.41) is 16.3. The molecule has 0 aliphatic rings. The normalized spacial score (nSPS) is 10.2. The van der Waals surface area contributed by atoms with Crippen LogP contribution in [0.4, 0.5) is 10.5 Å². The van der Waals surface area contributed by atoms with E-state index in [-0.39, 0.29) is 16.6 Å². The number of aromatic carboxylic acids is 1. The number of carbonyl (C=O) groups is 2. The zero-order chi connectivity index (χ0) is 15.4. The van der Waals surface area contributed by atoms with E-state index in [1.807, 2.05) is 18.4 Å². The Kier molecular flexibility index (Phi) is 4.82. The van der Waals surface area contributed by atoms with E-state index in [1.165, 1.54) is 18.2 Å². The number of carboxylic acid groups (broad SMARTS) is 1. The van der Waals surface area contributed by atoms with Crippen LogP contribution in [-0.2, 0) is 6.54 Å². The molecule has 110 valence electrons.